The summed E-state index contributed by atoms with van der Waals surface area (Å²) in [4.78, 5) is 12.0. The van der Waals surface area contributed by atoms with E-state index in [2.05, 4.69) is 25.4 Å². The van der Waals surface area contributed by atoms with Gasteiger partial charge in [0.2, 0.25) is 11.2 Å². The summed E-state index contributed by atoms with van der Waals surface area (Å²) in [6.45, 7) is 0. The molecule has 2 heterocycles. The smallest absolute Gasteiger partial charge is 0.256 e. The summed E-state index contributed by atoms with van der Waals surface area (Å²) in [5.41, 5.74) is 0.397. The van der Waals surface area contributed by atoms with Crippen molar-refractivity contribution in [1.29, 1.82) is 0 Å². The lowest BCUT2D eigenvalue weighted by molar-refractivity contribution is 0.628. The molecule has 0 aliphatic rings. The van der Waals surface area contributed by atoms with E-state index in [-0.39, 0.29) is 22.2 Å². The quantitative estimate of drug-likeness (QED) is 0.800. The average Bonchev–Trinajstić information content (AvgIpc) is 2.90. The minimum absolute atomic E-state index is 0.0134. The molecule has 0 atom stereocenters. The summed E-state index contributed by atoms with van der Waals surface area (Å²) < 4.78 is 14.7. The molecule has 1 aromatic carbocycles. The highest BCUT2D eigenvalue weighted by molar-refractivity contribution is 6.30. The van der Waals surface area contributed by atoms with Gasteiger partial charge >= 0.3 is 0 Å². The summed E-state index contributed by atoms with van der Waals surface area (Å²) in [6.07, 6.45) is 3.24. The third-order valence-electron chi connectivity index (χ3n) is 2.42. The van der Waals surface area contributed by atoms with Crippen LogP contribution in [0, 0.1) is 5.82 Å². The Kier molecular flexibility index (Phi) is 3.68. The number of rotatable bonds is 3. The number of benzene rings is 1. The lowest BCUT2D eigenvalue weighted by Crippen LogP contribution is -2.07. The van der Waals surface area contributed by atoms with Crippen molar-refractivity contribution in [2.45, 2.75) is 0 Å². The van der Waals surface area contributed by atoms with E-state index in [1.807, 2.05) is 0 Å². The van der Waals surface area contributed by atoms with Gasteiger partial charge in [-0.05, 0) is 35.9 Å². The number of hydrogen-bond acceptors (Lipinski definition) is 5. The largest absolute Gasteiger partial charge is 0.324 e. The highest BCUT2D eigenvalue weighted by Gasteiger charge is 2.08. The zero-order chi connectivity index (χ0) is 14.8. The first-order chi connectivity index (χ1) is 10.1. The predicted molar refractivity (Wildman–Crippen MR) is 76.7 cm³/mol. The molecule has 0 fully saturated rings. The van der Waals surface area contributed by atoms with E-state index < -0.39 is 5.82 Å². The first-order valence-corrected chi connectivity index (χ1v) is 6.50. The Morgan fingerprint density at radius 1 is 1.10 bits per heavy atom. The monoisotopic (exact) mass is 324 g/mol. The zero-order valence-corrected chi connectivity index (χ0v) is 11.8. The van der Waals surface area contributed by atoms with Crippen LogP contribution in [-0.2, 0) is 0 Å². The second-order valence-electron chi connectivity index (χ2n) is 3.96. The maximum Gasteiger partial charge on any atom is 0.256 e. The van der Waals surface area contributed by atoms with Crippen LogP contribution in [-0.4, -0.2) is 24.7 Å². The zero-order valence-electron chi connectivity index (χ0n) is 10.3. The Morgan fingerprint density at radius 2 is 1.95 bits per heavy atom. The van der Waals surface area contributed by atoms with E-state index >= 15 is 0 Å². The standard InChI is InChI=1S/C12H7Cl2FN6/c13-7-4-8(15)6-9(5-7)17-11-18-10(14)19-12(20-11)21-3-1-2-16-21/h1-6H,(H,17,18,19,20). The fraction of sp³-hybridized carbons (Fsp3) is 0. The molecule has 1 N–H and O–H groups in total. The first-order valence-electron chi connectivity index (χ1n) is 5.75. The van der Waals surface area contributed by atoms with Crippen LogP contribution < -0.4 is 5.32 Å². The number of halogens is 3. The molecule has 0 unspecified atom stereocenters. The fourth-order valence-electron chi connectivity index (χ4n) is 1.64. The lowest BCUT2D eigenvalue weighted by atomic mass is 10.3. The van der Waals surface area contributed by atoms with Gasteiger partial charge in [0.1, 0.15) is 5.82 Å². The molecule has 0 aliphatic heterocycles. The average molecular weight is 325 g/mol. The van der Waals surface area contributed by atoms with Crippen molar-refractivity contribution >= 4 is 34.8 Å². The topological polar surface area (TPSA) is 68.5 Å². The molecular weight excluding hydrogens is 318 g/mol. The second kappa shape index (κ2) is 5.63. The number of nitrogens with one attached hydrogen (secondary N) is 1. The van der Waals surface area contributed by atoms with E-state index in [0.717, 1.165) is 0 Å². The van der Waals surface area contributed by atoms with Crippen LogP contribution in [0.1, 0.15) is 0 Å². The molecule has 9 heteroatoms. The molecule has 3 aromatic rings. The van der Waals surface area contributed by atoms with Crippen LogP contribution in [0.2, 0.25) is 10.3 Å². The molecule has 0 saturated carbocycles. The van der Waals surface area contributed by atoms with Crippen molar-refractivity contribution < 1.29 is 4.39 Å². The SMILES string of the molecule is Fc1cc(Cl)cc(Nc2nc(Cl)nc(-n3cccn3)n2)c1. The van der Waals surface area contributed by atoms with Gasteiger partial charge in [0.05, 0.1) is 0 Å². The Balaban J connectivity index is 1.95. The van der Waals surface area contributed by atoms with Crippen LogP contribution in [0.3, 0.4) is 0 Å². The van der Waals surface area contributed by atoms with E-state index in [4.69, 9.17) is 23.2 Å². The van der Waals surface area contributed by atoms with E-state index in [1.165, 1.54) is 22.9 Å². The number of nitrogens with zero attached hydrogens (tertiary/aromatic N) is 5. The molecular formula is C12H7Cl2FN6. The summed E-state index contributed by atoms with van der Waals surface area (Å²) in [5.74, 6) is -0.0791. The van der Waals surface area contributed by atoms with Crippen molar-refractivity contribution in [1.82, 2.24) is 24.7 Å². The van der Waals surface area contributed by atoms with Gasteiger partial charge in [-0.25, -0.2) is 9.07 Å². The molecule has 3 rings (SSSR count). The van der Waals surface area contributed by atoms with Gasteiger partial charge in [0.25, 0.3) is 5.95 Å². The Bertz CT molecular complexity index is 757. The number of hydrogen-bond donors (Lipinski definition) is 1. The molecule has 21 heavy (non-hydrogen) atoms. The normalized spacial score (nSPS) is 10.6. The summed E-state index contributed by atoms with van der Waals surface area (Å²) in [5, 5.41) is 7.06. The van der Waals surface area contributed by atoms with Crippen LogP contribution in [0.4, 0.5) is 16.0 Å². The first kappa shape index (κ1) is 13.7. The highest BCUT2D eigenvalue weighted by atomic mass is 35.5. The van der Waals surface area contributed by atoms with Crippen LogP contribution in [0.25, 0.3) is 5.95 Å². The molecule has 0 aliphatic carbocycles. The predicted octanol–water partition coefficient (Wildman–Crippen LogP) is 3.25. The van der Waals surface area contributed by atoms with E-state index in [0.29, 0.717) is 5.69 Å². The molecule has 0 bridgehead atoms. The van der Waals surface area contributed by atoms with Crippen LogP contribution in [0.5, 0.6) is 0 Å². The van der Waals surface area contributed by atoms with Gasteiger partial charge < -0.3 is 5.32 Å². The molecule has 2 aromatic heterocycles. The van der Waals surface area contributed by atoms with Crippen molar-refractivity contribution in [2.24, 2.45) is 0 Å². The van der Waals surface area contributed by atoms with Crippen molar-refractivity contribution in [3.63, 3.8) is 0 Å². The Hall–Kier alpha value is -2.25. The minimum Gasteiger partial charge on any atom is -0.324 e. The van der Waals surface area contributed by atoms with Crippen molar-refractivity contribution in [3.8, 4) is 5.95 Å². The molecule has 0 saturated heterocycles. The fourth-order valence-corrected chi connectivity index (χ4v) is 2.02. The molecule has 0 spiro atoms. The molecule has 0 amide bonds. The van der Waals surface area contributed by atoms with Gasteiger partial charge in [-0.2, -0.15) is 20.1 Å². The minimum atomic E-state index is -0.475. The van der Waals surface area contributed by atoms with Gasteiger partial charge in [-0.15, -0.1) is 0 Å². The molecule has 106 valence electrons. The van der Waals surface area contributed by atoms with Crippen molar-refractivity contribution in [3.05, 3.63) is 52.8 Å². The summed E-state index contributed by atoms with van der Waals surface area (Å²) in [7, 11) is 0. The van der Waals surface area contributed by atoms with Gasteiger partial charge in [-0.1, -0.05) is 11.6 Å². The van der Waals surface area contributed by atoms with Crippen LogP contribution >= 0.6 is 23.2 Å². The van der Waals surface area contributed by atoms with E-state index in [1.54, 1.807) is 18.5 Å². The van der Waals surface area contributed by atoms with E-state index in [9.17, 15) is 4.39 Å². The highest BCUT2D eigenvalue weighted by Crippen LogP contribution is 2.21. The van der Waals surface area contributed by atoms with Gasteiger partial charge in [0.15, 0.2) is 0 Å². The maximum atomic E-state index is 13.3. The molecule has 0 radical (unpaired) electrons. The number of anilines is 2. The van der Waals surface area contributed by atoms with Gasteiger partial charge in [0, 0.05) is 23.1 Å². The van der Waals surface area contributed by atoms with Crippen LogP contribution in [0.15, 0.2) is 36.7 Å². The molecule has 6 nitrogen and oxygen atoms in total. The number of aromatic nitrogens is 5. The van der Waals surface area contributed by atoms with Gasteiger partial charge in [-0.3, -0.25) is 0 Å². The Labute approximate surface area is 128 Å². The maximum absolute atomic E-state index is 13.3. The van der Waals surface area contributed by atoms with Crippen molar-refractivity contribution in [2.75, 3.05) is 5.32 Å². The lowest BCUT2D eigenvalue weighted by Gasteiger charge is -2.07. The Morgan fingerprint density at radius 3 is 2.67 bits per heavy atom. The third kappa shape index (κ3) is 3.26. The summed E-state index contributed by atoms with van der Waals surface area (Å²) >= 11 is 11.6. The third-order valence-corrected chi connectivity index (χ3v) is 2.81. The summed E-state index contributed by atoms with van der Waals surface area (Å²) in [6, 6.07) is 5.71. The second-order valence-corrected chi connectivity index (χ2v) is 4.74.